The van der Waals surface area contributed by atoms with Crippen LogP contribution in [-0.4, -0.2) is 0 Å². The van der Waals surface area contributed by atoms with Crippen LogP contribution in [0, 0.1) is 17.8 Å². The minimum Gasteiger partial charge on any atom is -0.0951 e. The molecule has 0 N–H and O–H groups in total. The van der Waals surface area contributed by atoms with Crippen LogP contribution >= 0.6 is 0 Å². The zero-order valence-corrected chi connectivity index (χ0v) is 6.38. The van der Waals surface area contributed by atoms with Gasteiger partial charge in [-0.1, -0.05) is 36.1 Å². The number of hydrogen-bond donors (Lipinski definition) is 0. The van der Waals surface area contributed by atoms with Gasteiger partial charge in [-0.15, -0.1) is 0 Å². The van der Waals surface area contributed by atoms with E-state index in [0.717, 1.165) is 0 Å². The summed E-state index contributed by atoms with van der Waals surface area (Å²) in [6, 6.07) is 0. The lowest BCUT2D eigenvalue weighted by Gasteiger charge is -1.79. The normalized spacial score (nSPS) is 19.8. The van der Waals surface area contributed by atoms with Crippen molar-refractivity contribution >= 4 is 0 Å². The first-order valence-electron chi connectivity index (χ1n) is 4.01. The third-order valence-electron chi connectivity index (χ3n) is 1.79. The Bertz CT molecular complexity index is 274. The van der Waals surface area contributed by atoms with Gasteiger partial charge in [0.05, 0.1) is 0 Å². The van der Waals surface area contributed by atoms with Crippen molar-refractivity contribution in [2.75, 3.05) is 0 Å². The second-order valence-corrected chi connectivity index (χ2v) is 2.93. The second-order valence-electron chi connectivity index (χ2n) is 2.93. The maximum atomic E-state index is 3.19. The van der Waals surface area contributed by atoms with E-state index in [0.29, 0.717) is 5.92 Å². The standard InChI is InChI=1S/C11H10/c1-2-5-10(4-1)6-3-7-11-8-9-11/h1-2,4-6,11H,8-9H2. The third-order valence-corrected chi connectivity index (χ3v) is 1.79. The third kappa shape index (κ3) is 1.85. The maximum Gasteiger partial charge on any atom is 0.0207 e. The lowest BCUT2D eigenvalue weighted by Crippen LogP contribution is -1.65. The fourth-order valence-corrected chi connectivity index (χ4v) is 0.956. The molecule has 0 aromatic carbocycles. The predicted molar refractivity (Wildman–Crippen MR) is 46.9 cm³/mol. The van der Waals surface area contributed by atoms with Crippen LogP contribution in [0.1, 0.15) is 12.8 Å². The highest BCUT2D eigenvalue weighted by Crippen LogP contribution is 2.27. The quantitative estimate of drug-likeness (QED) is 0.456. The van der Waals surface area contributed by atoms with Crippen LogP contribution in [0.3, 0.4) is 0 Å². The van der Waals surface area contributed by atoms with E-state index in [1.54, 1.807) is 0 Å². The van der Waals surface area contributed by atoms with Crippen LogP contribution in [0.25, 0.3) is 0 Å². The van der Waals surface area contributed by atoms with E-state index in [-0.39, 0.29) is 0 Å². The Kier molecular flexibility index (Phi) is 1.65. The van der Waals surface area contributed by atoms with Crippen molar-refractivity contribution in [1.82, 2.24) is 0 Å². The van der Waals surface area contributed by atoms with Crippen molar-refractivity contribution in [2.45, 2.75) is 12.8 Å². The first-order chi connectivity index (χ1) is 5.45. The van der Waals surface area contributed by atoms with Gasteiger partial charge in [0.1, 0.15) is 0 Å². The summed E-state index contributed by atoms with van der Waals surface area (Å²) in [5.74, 6) is 6.97. The molecule has 0 nitrogen and oxygen atoms in total. The van der Waals surface area contributed by atoms with Gasteiger partial charge in [-0.05, 0) is 24.5 Å². The molecule has 0 aliphatic heterocycles. The Labute approximate surface area is 67.3 Å². The molecule has 1 fully saturated rings. The molecule has 0 aromatic rings. The van der Waals surface area contributed by atoms with Gasteiger partial charge < -0.3 is 0 Å². The summed E-state index contributed by atoms with van der Waals surface area (Å²) in [5, 5.41) is 0. The molecule has 0 radical (unpaired) electrons. The Balaban J connectivity index is 1.98. The van der Waals surface area contributed by atoms with Crippen LogP contribution in [0.2, 0.25) is 0 Å². The van der Waals surface area contributed by atoms with Gasteiger partial charge in [0.25, 0.3) is 0 Å². The van der Waals surface area contributed by atoms with Crippen LogP contribution in [-0.2, 0) is 0 Å². The summed E-state index contributed by atoms with van der Waals surface area (Å²) in [5.41, 5.74) is 1.22. The molecule has 2 rings (SSSR count). The fourth-order valence-electron chi connectivity index (χ4n) is 0.956. The number of allylic oxidation sites excluding steroid dienone is 6. The van der Waals surface area contributed by atoms with Gasteiger partial charge in [0, 0.05) is 5.92 Å². The summed E-state index contributed by atoms with van der Waals surface area (Å²) in [7, 11) is 0. The molecule has 0 atom stereocenters. The van der Waals surface area contributed by atoms with E-state index in [2.05, 4.69) is 24.0 Å². The van der Waals surface area contributed by atoms with E-state index in [1.807, 2.05) is 18.2 Å². The van der Waals surface area contributed by atoms with Gasteiger partial charge in [-0.3, -0.25) is 0 Å². The Morgan fingerprint density at radius 3 is 2.64 bits per heavy atom. The van der Waals surface area contributed by atoms with Crippen molar-refractivity contribution in [3.63, 3.8) is 0 Å². The Morgan fingerprint density at radius 1 is 1.27 bits per heavy atom. The van der Waals surface area contributed by atoms with Gasteiger partial charge in [-0.25, -0.2) is 0 Å². The molecular formula is C11H10. The zero-order chi connectivity index (χ0) is 7.52. The molecule has 11 heavy (non-hydrogen) atoms. The summed E-state index contributed by atoms with van der Waals surface area (Å²) in [4.78, 5) is 0. The van der Waals surface area contributed by atoms with E-state index in [4.69, 9.17) is 0 Å². The molecule has 0 heterocycles. The van der Waals surface area contributed by atoms with Gasteiger partial charge in [0.15, 0.2) is 0 Å². The molecule has 0 heteroatoms. The van der Waals surface area contributed by atoms with Crippen molar-refractivity contribution in [1.29, 1.82) is 0 Å². The average Bonchev–Trinajstić information content (AvgIpc) is 2.66. The second kappa shape index (κ2) is 2.80. The molecule has 0 amide bonds. The van der Waals surface area contributed by atoms with E-state index < -0.39 is 0 Å². The van der Waals surface area contributed by atoms with E-state index in [1.165, 1.54) is 18.4 Å². The average molecular weight is 142 g/mol. The highest BCUT2D eigenvalue weighted by Gasteiger charge is 2.17. The molecule has 1 saturated carbocycles. The number of rotatable bonds is 0. The lowest BCUT2D eigenvalue weighted by molar-refractivity contribution is 1.18. The monoisotopic (exact) mass is 142 g/mol. The zero-order valence-electron chi connectivity index (χ0n) is 6.38. The largest absolute Gasteiger partial charge is 0.0951 e. The molecule has 0 spiro atoms. The van der Waals surface area contributed by atoms with Crippen LogP contribution < -0.4 is 0 Å². The first kappa shape index (κ1) is 6.49. The van der Waals surface area contributed by atoms with Gasteiger partial charge in [-0.2, -0.15) is 0 Å². The van der Waals surface area contributed by atoms with Gasteiger partial charge in [0.2, 0.25) is 0 Å². The summed E-state index contributed by atoms with van der Waals surface area (Å²) >= 11 is 0. The van der Waals surface area contributed by atoms with E-state index >= 15 is 0 Å². The van der Waals surface area contributed by atoms with Crippen LogP contribution in [0.15, 0.2) is 36.0 Å². The fraction of sp³-hybridized carbons (Fsp3) is 0.273. The lowest BCUT2D eigenvalue weighted by atomic mass is 10.3. The SMILES string of the molecule is C(#CC1CC1)C=C1C=CC=C1. The van der Waals surface area contributed by atoms with Crippen LogP contribution in [0.4, 0.5) is 0 Å². The predicted octanol–water partition coefficient (Wildman–Crippen LogP) is 2.45. The minimum absolute atomic E-state index is 0.709. The molecular weight excluding hydrogens is 132 g/mol. The topological polar surface area (TPSA) is 0 Å². The van der Waals surface area contributed by atoms with Crippen molar-refractivity contribution in [2.24, 2.45) is 5.92 Å². The Morgan fingerprint density at radius 2 is 2.00 bits per heavy atom. The van der Waals surface area contributed by atoms with Crippen molar-refractivity contribution in [3.8, 4) is 11.8 Å². The molecule has 0 unspecified atom stereocenters. The minimum atomic E-state index is 0.709. The molecule has 0 saturated heterocycles. The maximum absolute atomic E-state index is 3.19. The molecule has 2 aliphatic rings. The highest BCUT2D eigenvalue weighted by atomic mass is 14.2. The van der Waals surface area contributed by atoms with E-state index in [9.17, 15) is 0 Å². The molecule has 54 valence electrons. The number of hydrogen-bond acceptors (Lipinski definition) is 0. The van der Waals surface area contributed by atoms with Crippen LogP contribution in [0.5, 0.6) is 0 Å². The Hall–Kier alpha value is -1.22. The van der Waals surface area contributed by atoms with Crippen molar-refractivity contribution < 1.29 is 0 Å². The highest BCUT2D eigenvalue weighted by molar-refractivity contribution is 5.43. The summed E-state index contributed by atoms with van der Waals surface area (Å²) < 4.78 is 0. The summed E-state index contributed by atoms with van der Waals surface area (Å²) in [6.45, 7) is 0. The molecule has 0 bridgehead atoms. The van der Waals surface area contributed by atoms with Crippen molar-refractivity contribution in [3.05, 3.63) is 36.0 Å². The first-order valence-corrected chi connectivity index (χ1v) is 4.01. The molecule has 0 aromatic heterocycles. The van der Waals surface area contributed by atoms with Gasteiger partial charge >= 0.3 is 0 Å². The summed E-state index contributed by atoms with van der Waals surface area (Å²) in [6.07, 6.45) is 12.8. The molecule has 2 aliphatic carbocycles. The smallest absolute Gasteiger partial charge is 0.0207 e.